The van der Waals surface area contributed by atoms with Gasteiger partial charge in [0.1, 0.15) is 5.69 Å². The van der Waals surface area contributed by atoms with Crippen molar-refractivity contribution in [2.24, 2.45) is 0 Å². The van der Waals surface area contributed by atoms with E-state index in [0.29, 0.717) is 5.69 Å². The average Bonchev–Trinajstić information content (AvgIpc) is 3.02. The van der Waals surface area contributed by atoms with Crippen LogP contribution in [0.4, 0.5) is 0 Å². The molecule has 0 spiro atoms. The number of aliphatic hydroxyl groups is 1. The lowest BCUT2D eigenvalue weighted by atomic mass is 10.0. The Morgan fingerprint density at radius 1 is 1.27 bits per heavy atom. The molecule has 2 N–H and O–H groups in total. The summed E-state index contributed by atoms with van der Waals surface area (Å²) in [7, 11) is 0. The van der Waals surface area contributed by atoms with Gasteiger partial charge in [-0.25, -0.2) is 0 Å². The van der Waals surface area contributed by atoms with Crippen molar-refractivity contribution in [3.05, 3.63) is 53.3 Å². The van der Waals surface area contributed by atoms with Gasteiger partial charge in [-0.1, -0.05) is 31.2 Å². The molecule has 1 amide bonds. The molecule has 22 heavy (non-hydrogen) atoms. The van der Waals surface area contributed by atoms with E-state index in [2.05, 4.69) is 17.3 Å². The Morgan fingerprint density at radius 2 is 1.95 bits per heavy atom. The van der Waals surface area contributed by atoms with Gasteiger partial charge in [0, 0.05) is 12.2 Å². The van der Waals surface area contributed by atoms with Crippen molar-refractivity contribution in [3.63, 3.8) is 0 Å². The molecule has 1 atom stereocenters. The zero-order valence-corrected chi connectivity index (χ0v) is 13.3. The van der Waals surface area contributed by atoms with Crippen LogP contribution in [0.25, 0.3) is 0 Å². The van der Waals surface area contributed by atoms with Crippen molar-refractivity contribution in [1.29, 1.82) is 0 Å². The number of carbonyl (C=O) groups is 1. The lowest BCUT2D eigenvalue weighted by Crippen LogP contribution is -2.32. The minimum absolute atomic E-state index is 0.104. The second-order valence-corrected chi connectivity index (χ2v) is 5.56. The van der Waals surface area contributed by atoms with Crippen LogP contribution in [0.1, 0.15) is 54.5 Å². The van der Waals surface area contributed by atoms with E-state index in [-0.39, 0.29) is 18.6 Å². The van der Waals surface area contributed by atoms with E-state index < -0.39 is 6.04 Å². The number of nitrogens with one attached hydrogen (secondary N) is 1. The minimum Gasteiger partial charge on any atom is -0.394 e. The number of amides is 1. The van der Waals surface area contributed by atoms with Gasteiger partial charge in [0.15, 0.2) is 0 Å². The van der Waals surface area contributed by atoms with Crippen molar-refractivity contribution in [3.8, 4) is 0 Å². The Bertz CT molecular complexity index is 617. The van der Waals surface area contributed by atoms with Crippen LogP contribution in [0.3, 0.4) is 0 Å². The summed E-state index contributed by atoms with van der Waals surface area (Å²) in [6.45, 7) is 5.88. The van der Waals surface area contributed by atoms with Crippen LogP contribution < -0.4 is 5.32 Å². The highest BCUT2D eigenvalue weighted by atomic mass is 16.3. The zero-order chi connectivity index (χ0) is 16.1. The number of nitrogens with zero attached hydrogens (tertiary/aromatic N) is 2. The fourth-order valence-electron chi connectivity index (χ4n) is 2.36. The second kappa shape index (κ2) is 7.22. The van der Waals surface area contributed by atoms with Gasteiger partial charge < -0.3 is 10.4 Å². The molecule has 0 aliphatic carbocycles. The van der Waals surface area contributed by atoms with Gasteiger partial charge in [-0.3, -0.25) is 9.48 Å². The molecule has 5 heteroatoms. The highest BCUT2D eigenvalue weighted by molar-refractivity contribution is 5.92. The fraction of sp³-hybridized carbons (Fsp3) is 0.412. The lowest BCUT2D eigenvalue weighted by molar-refractivity contribution is 0.0903. The van der Waals surface area contributed by atoms with E-state index in [1.165, 1.54) is 5.56 Å². The molecular weight excluding hydrogens is 278 g/mol. The minimum atomic E-state index is -0.422. The Labute approximate surface area is 131 Å². The number of aliphatic hydroxyl groups excluding tert-OH is 1. The molecule has 1 heterocycles. The molecule has 1 aromatic carbocycles. The van der Waals surface area contributed by atoms with E-state index in [4.69, 9.17) is 0 Å². The molecule has 1 aromatic heterocycles. The van der Waals surface area contributed by atoms with Gasteiger partial charge in [-0.2, -0.15) is 5.10 Å². The molecule has 0 saturated carbocycles. The van der Waals surface area contributed by atoms with Gasteiger partial charge in [-0.15, -0.1) is 0 Å². The largest absolute Gasteiger partial charge is 0.394 e. The van der Waals surface area contributed by atoms with E-state index >= 15 is 0 Å². The number of aryl methyl sites for hydroxylation is 1. The number of hydrogen-bond donors (Lipinski definition) is 2. The molecule has 0 aliphatic rings. The molecular formula is C17H23N3O2. The number of hydrogen-bond acceptors (Lipinski definition) is 3. The van der Waals surface area contributed by atoms with Crippen LogP contribution in [0.5, 0.6) is 0 Å². The highest BCUT2D eigenvalue weighted by Gasteiger charge is 2.18. The summed E-state index contributed by atoms with van der Waals surface area (Å²) in [4.78, 5) is 12.4. The lowest BCUT2D eigenvalue weighted by Gasteiger charge is -2.18. The first-order valence-electron chi connectivity index (χ1n) is 7.60. The standard InChI is InChI=1S/C17H23N3O2/c1-4-13-5-7-14(8-6-13)15(11-21)19-17(22)16-9-10-18-20(16)12(2)3/h5-10,12,15,21H,4,11H2,1-3H3,(H,19,22). The number of aromatic nitrogens is 2. The van der Waals surface area contributed by atoms with E-state index in [1.807, 2.05) is 38.1 Å². The van der Waals surface area contributed by atoms with Crippen LogP contribution in [-0.2, 0) is 6.42 Å². The van der Waals surface area contributed by atoms with Crippen molar-refractivity contribution >= 4 is 5.91 Å². The molecule has 0 aliphatic heterocycles. The SMILES string of the molecule is CCc1ccc(C(CO)NC(=O)c2ccnn2C(C)C)cc1. The molecule has 1 unspecified atom stereocenters. The van der Waals surface area contributed by atoms with Gasteiger partial charge in [-0.05, 0) is 37.5 Å². The molecule has 2 rings (SSSR count). The highest BCUT2D eigenvalue weighted by Crippen LogP contribution is 2.16. The first-order valence-corrected chi connectivity index (χ1v) is 7.60. The molecule has 2 aromatic rings. The average molecular weight is 301 g/mol. The fourth-order valence-corrected chi connectivity index (χ4v) is 2.36. The Morgan fingerprint density at radius 3 is 2.50 bits per heavy atom. The molecule has 0 radical (unpaired) electrons. The Balaban J connectivity index is 2.15. The van der Waals surface area contributed by atoms with Crippen LogP contribution in [0.15, 0.2) is 36.5 Å². The van der Waals surface area contributed by atoms with Crippen LogP contribution in [0.2, 0.25) is 0 Å². The third kappa shape index (κ3) is 3.54. The van der Waals surface area contributed by atoms with E-state index in [1.54, 1.807) is 16.9 Å². The van der Waals surface area contributed by atoms with Crippen LogP contribution in [0, 0.1) is 0 Å². The normalized spacial score (nSPS) is 12.4. The number of benzene rings is 1. The third-order valence-electron chi connectivity index (χ3n) is 3.67. The van der Waals surface area contributed by atoms with Crippen molar-refractivity contribution < 1.29 is 9.90 Å². The van der Waals surface area contributed by atoms with Crippen molar-refractivity contribution in [1.82, 2.24) is 15.1 Å². The van der Waals surface area contributed by atoms with E-state index in [0.717, 1.165) is 12.0 Å². The van der Waals surface area contributed by atoms with Crippen molar-refractivity contribution in [2.75, 3.05) is 6.61 Å². The van der Waals surface area contributed by atoms with E-state index in [9.17, 15) is 9.90 Å². The van der Waals surface area contributed by atoms with Crippen molar-refractivity contribution in [2.45, 2.75) is 39.3 Å². The summed E-state index contributed by atoms with van der Waals surface area (Å²) in [5, 5.41) is 16.6. The molecule has 0 saturated heterocycles. The van der Waals surface area contributed by atoms with Gasteiger partial charge in [0.05, 0.1) is 12.6 Å². The van der Waals surface area contributed by atoms with Crippen LogP contribution in [-0.4, -0.2) is 27.4 Å². The summed E-state index contributed by atoms with van der Waals surface area (Å²) >= 11 is 0. The van der Waals surface area contributed by atoms with Gasteiger partial charge in [0.25, 0.3) is 5.91 Å². The summed E-state index contributed by atoms with van der Waals surface area (Å²) < 4.78 is 1.67. The summed E-state index contributed by atoms with van der Waals surface area (Å²) in [6, 6.07) is 9.29. The Hall–Kier alpha value is -2.14. The Kier molecular flexibility index (Phi) is 5.33. The first kappa shape index (κ1) is 16.2. The zero-order valence-electron chi connectivity index (χ0n) is 13.3. The maximum absolute atomic E-state index is 12.4. The van der Waals surface area contributed by atoms with Gasteiger partial charge in [0.2, 0.25) is 0 Å². The maximum atomic E-state index is 12.4. The molecule has 0 bridgehead atoms. The summed E-state index contributed by atoms with van der Waals surface area (Å²) in [5.41, 5.74) is 2.62. The summed E-state index contributed by atoms with van der Waals surface area (Å²) in [6.07, 6.45) is 2.57. The smallest absolute Gasteiger partial charge is 0.270 e. The second-order valence-electron chi connectivity index (χ2n) is 5.56. The first-order chi connectivity index (χ1) is 10.6. The van der Waals surface area contributed by atoms with Gasteiger partial charge >= 0.3 is 0 Å². The number of carbonyl (C=O) groups excluding carboxylic acids is 1. The monoisotopic (exact) mass is 301 g/mol. The van der Waals surface area contributed by atoms with Crippen LogP contribution >= 0.6 is 0 Å². The molecule has 5 nitrogen and oxygen atoms in total. The number of rotatable bonds is 6. The topological polar surface area (TPSA) is 67.2 Å². The summed E-state index contributed by atoms with van der Waals surface area (Å²) in [5.74, 6) is -0.232. The quantitative estimate of drug-likeness (QED) is 0.861. The molecule has 118 valence electrons. The predicted molar refractivity (Wildman–Crippen MR) is 85.7 cm³/mol. The predicted octanol–water partition coefficient (Wildman–Crippen LogP) is 2.49. The molecule has 0 fully saturated rings. The maximum Gasteiger partial charge on any atom is 0.270 e. The third-order valence-corrected chi connectivity index (χ3v) is 3.67.